The molecule has 4 nitrogen and oxygen atoms in total. The van der Waals surface area contributed by atoms with Crippen LogP contribution in [0.2, 0.25) is 0 Å². The van der Waals surface area contributed by atoms with Crippen molar-refractivity contribution < 1.29 is 14.7 Å². The van der Waals surface area contributed by atoms with Gasteiger partial charge in [-0.2, -0.15) is 0 Å². The standard InChI is InChI=1S/C17H27NO3/c1-11(2)9-18(10-15(19)20)16(21)17-6-12-3-13(7-17)5-14(4-12)8-17/h11-14H,3-10H2,1-2H3,(H,19,20). The normalized spacial score (nSPS) is 37.0. The van der Waals surface area contributed by atoms with Gasteiger partial charge in [-0.3, -0.25) is 9.59 Å². The molecule has 0 saturated heterocycles. The molecule has 0 unspecified atom stereocenters. The van der Waals surface area contributed by atoms with Crippen molar-refractivity contribution in [3.05, 3.63) is 0 Å². The third-order valence-corrected chi connectivity index (χ3v) is 5.69. The van der Waals surface area contributed by atoms with E-state index in [1.807, 2.05) is 13.8 Å². The van der Waals surface area contributed by atoms with Crippen LogP contribution < -0.4 is 0 Å². The molecule has 1 amide bonds. The van der Waals surface area contributed by atoms with Crippen LogP contribution in [0.1, 0.15) is 52.4 Å². The molecule has 0 heterocycles. The molecule has 1 N–H and O–H groups in total. The maximum absolute atomic E-state index is 13.1. The Kier molecular flexibility index (Phi) is 3.74. The molecule has 0 aromatic heterocycles. The zero-order chi connectivity index (χ0) is 15.2. The molecule has 4 saturated carbocycles. The molecule has 0 aromatic rings. The van der Waals surface area contributed by atoms with Gasteiger partial charge in [0.1, 0.15) is 6.54 Å². The monoisotopic (exact) mass is 293 g/mol. The van der Waals surface area contributed by atoms with Crippen molar-refractivity contribution in [1.29, 1.82) is 0 Å². The Morgan fingerprint density at radius 1 is 1.10 bits per heavy atom. The summed E-state index contributed by atoms with van der Waals surface area (Å²) in [6, 6.07) is 0. The number of rotatable bonds is 5. The molecule has 4 aliphatic rings. The third-order valence-electron chi connectivity index (χ3n) is 5.69. The number of carbonyl (C=O) groups is 2. The number of carboxylic acids is 1. The molecule has 4 bridgehead atoms. The van der Waals surface area contributed by atoms with E-state index in [2.05, 4.69) is 0 Å². The first-order chi connectivity index (χ1) is 9.88. The van der Waals surface area contributed by atoms with Crippen molar-refractivity contribution in [3.8, 4) is 0 Å². The Balaban J connectivity index is 1.80. The van der Waals surface area contributed by atoms with Crippen molar-refractivity contribution in [3.63, 3.8) is 0 Å². The van der Waals surface area contributed by atoms with Gasteiger partial charge in [0.05, 0.1) is 5.41 Å². The predicted octanol–water partition coefficient (Wildman–Crippen LogP) is 2.77. The fourth-order valence-corrected chi connectivity index (χ4v) is 5.53. The predicted molar refractivity (Wildman–Crippen MR) is 79.7 cm³/mol. The first-order valence-corrected chi connectivity index (χ1v) is 8.39. The maximum atomic E-state index is 13.1. The molecular formula is C17H27NO3. The van der Waals surface area contributed by atoms with Crippen LogP contribution in [0.15, 0.2) is 0 Å². The van der Waals surface area contributed by atoms with Crippen LogP contribution in [0, 0.1) is 29.1 Å². The smallest absolute Gasteiger partial charge is 0.323 e. The lowest BCUT2D eigenvalue weighted by Crippen LogP contribution is -2.55. The second-order valence-corrected chi connectivity index (χ2v) is 8.17. The summed E-state index contributed by atoms with van der Waals surface area (Å²) in [6.07, 6.45) is 6.92. The zero-order valence-electron chi connectivity index (χ0n) is 13.2. The highest BCUT2D eigenvalue weighted by Crippen LogP contribution is 2.60. The van der Waals surface area contributed by atoms with Gasteiger partial charge >= 0.3 is 5.97 Å². The van der Waals surface area contributed by atoms with E-state index in [0.29, 0.717) is 30.2 Å². The van der Waals surface area contributed by atoms with Crippen LogP contribution >= 0.6 is 0 Å². The third kappa shape index (κ3) is 2.82. The fraction of sp³-hybridized carbons (Fsp3) is 0.882. The Labute approximate surface area is 126 Å². The molecule has 4 fully saturated rings. The maximum Gasteiger partial charge on any atom is 0.323 e. The summed E-state index contributed by atoms with van der Waals surface area (Å²) in [4.78, 5) is 25.9. The van der Waals surface area contributed by atoms with Crippen LogP contribution in [-0.4, -0.2) is 35.0 Å². The molecule has 0 radical (unpaired) electrons. The highest BCUT2D eigenvalue weighted by molar-refractivity contribution is 5.86. The molecule has 0 aromatic carbocycles. The summed E-state index contributed by atoms with van der Waals surface area (Å²) in [5, 5.41) is 9.13. The van der Waals surface area contributed by atoms with Gasteiger partial charge in [0.2, 0.25) is 5.91 Å². The van der Waals surface area contributed by atoms with Crippen molar-refractivity contribution in [2.24, 2.45) is 29.1 Å². The van der Waals surface area contributed by atoms with E-state index in [0.717, 1.165) is 19.3 Å². The largest absolute Gasteiger partial charge is 0.480 e. The average Bonchev–Trinajstić information content (AvgIpc) is 2.34. The minimum atomic E-state index is -0.895. The summed E-state index contributed by atoms with van der Waals surface area (Å²) < 4.78 is 0. The highest BCUT2D eigenvalue weighted by Gasteiger charge is 2.55. The lowest BCUT2D eigenvalue weighted by atomic mass is 9.49. The first kappa shape index (κ1) is 14.9. The summed E-state index contributed by atoms with van der Waals surface area (Å²) in [5.41, 5.74) is -0.223. The van der Waals surface area contributed by atoms with Crippen LogP contribution in [0.25, 0.3) is 0 Å². The first-order valence-electron chi connectivity index (χ1n) is 8.39. The zero-order valence-corrected chi connectivity index (χ0v) is 13.2. The van der Waals surface area contributed by atoms with E-state index >= 15 is 0 Å². The quantitative estimate of drug-likeness (QED) is 0.848. The Hall–Kier alpha value is -1.06. The van der Waals surface area contributed by atoms with E-state index in [4.69, 9.17) is 5.11 Å². The van der Waals surface area contributed by atoms with Crippen LogP contribution in [-0.2, 0) is 9.59 Å². The van der Waals surface area contributed by atoms with Gasteiger partial charge in [-0.25, -0.2) is 0 Å². The summed E-state index contributed by atoms with van der Waals surface area (Å²) in [5.74, 6) is 1.69. The van der Waals surface area contributed by atoms with Crippen molar-refractivity contribution in [1.82, 2.24) is 4.90 Å². The molecular weight excluding hydrogens is 266 g/mol. The lowest BCUT2D eigenvalue weighted by Gasteiger charge is -2.56. The highest BCUT2D eigenvalue weighted by atomic mass is 16.4. The molecule has 21 heavy (non-hydrogen) atoms. The van der Waals surface area contributed by atoms with Crippen LogP contribution in [0.4, 0.5) is 0 Å². The van der Waals surface area contributed by atoms with E-state index in [9.17, 15) is 9.59 Å². The van der Waals surface area contributed by atoms with Gasteiger partial charge < -0.3 is 10.0 Å². The van der Waals surface area contributed by atoms with Crippen molar-refractivity contribution in [2.75, 3.05) is 13.1 Å². The topological polar surface area (TPSA) is 57.6 Å². The minimum absolute atomic E-state index is 0.137. The van der Waals surface area contributed by atoms with Gasteiger partial charge in [0.15, 0.2) is 0 Å². The number of nitrogens with zero attached hydrogens (tertiary/aromatic N) is 1. The number of hydrogen-bond donors (Lipinski definition) is 1. The number of hydrogen-bond acceptors (Lipinski definition) is 2. The van der Waals surface area contributed by atoms with Crippen molar-refractivity contribution in [2.45, 2.75) is 52.4 Å². The van der Waals surface area contributed by atoms with Crippen molar-refractivity contribution >= 4 is 11.9 Å². The SMILES string of the molecule is CC(C)CN(CC(=O)O)C(=O)C12CC3CC(CC(C3)C1)C2. The summed E-state index contributed by atoms with van der Waals surface area (Å²) >= 11 is 0. The fourth-order valence-electron chi connectivity index (χ4n) is 5.53. The van der Waals surface area contributed by atoms with Gasteiger partial charge in [0, 0.05) is 6.54 Å². The lowest BCUT2D eigenvalue weighted by molar-refractivity contribution is -0.161. The van der Waals surface area contributed by atoms with Gasteiger partial charge in [-0.1, -0.05) is 13.8 Å². The molecule has 0 atom stereocenters. The average molecular weight is 293 g/mol. The van der Waals surface area contributed by atoms with E-state index in [-0.39, 0.29) is 17.9 Å². The summed E-state index contributed by atoms with van der Waals surface area (Å²) in [7, 11) is 0. The van der Waals surface area contributed by atoms with Crippen LogP contribution in [0.5, 0.6) is 0 Å². The Morgan fingerprint density at radius 3 is 1.95 bits per heavy atom. The molecule has 0 spiro atoms. The van der Waals surface area contributed by atoms with Gasteiger partial charge in [-0.15, -0.1) is 0 Å². The molecule has 4 heteroatoms. The minimum Gasteiger partial charge on any atom is -0.480 e. The summed E-state index contributed by atoms with van der Waals surface area (Å²) in [6.45, 7) is 4.51. The van der Waals surface area contributed by atoms with Gasteiger partial charge in [-0.05, 0) is 62.2 Å². The van der Waals surface area contributed by atoms with E-state index in [1.54, 1.807) is 4.90 Å². The second-order valence-electron chi connectivity index (χ2n) is 8.17. The van der Waals surface area contributed by atoms with E-state index in [1.165, 1.54) is 19.3 Å². The molecule has 118 valence electrons. The van der Waals surface area contributed by atoms with E-state index < -0.39 is 5.97 Å². The number of amides is 1. The number of carbonyl (C=O) groups excluding carboxylic acids is 1. The second kappa shape index (κ2) is 5.29. The van der Waals surface area contributed by atoms with Crippen LogP contribution in [0.3, 0.4) is 0 Å². The molecule has 4 aliphatic carbocycles. The Morgan fingerprint density at radius 2 is 1.57 bits per heavy atom. The Bertz CT molecular complexity index is 408. The molecule has 4 rings (SSSR count). The number of aliphatic carboxylic acids is 1. The van der Waals surface area contributed by atoms with Gasteiger partial charge in [0.25, 0.3) is 0 Å². The molecule has 0 aliphatic heterocycles. The number of carboxylic acid groups (broad SMARTS) is 1.